The molecular formula is C20H27N3O2. The van der Waals surface area contributed by atoms with E-state index in [4.69, 9.17) is 4.74 Å². The fraction of sp³-hybridized carbons (Fsp3) is 0.400. The van der Waals surface area contributed by atoms with Gasteiger partial charge >= 0.3 is 0 Å². The molecule has 0 aliphatic heterocycles. The fourth-order valence-electron chi connectivity index (χ4n) is 2.61. The third kappa shape index (κ3) is 5.78. The number of ether oxygens (including phenoxy) is 1. The van der Waals surface area contributed by atoms with Gasteiger partial charge in [-0.05, 0) is 69.4 Å². The zero-order valence-electron chi connectivity index (χ0n) is 15.3. The van der Waals surface area contributed by atoms with Gasteiger partial charge in [0.25, 0.3) is 5.91 Å². The van der Waals surface area contributed by atoms with E-state index in [1.54, 1.807) is 0 Å². The molecule has 0 radical (unpaired) electrons. The van der Waals surface area contributed by atoms with Gasteiger partial charge in [-0.3, -0.25) is 4.79 Å². The molecule has 0 saturated carbocycles. The van der Waals surface area contributed by atoms with Gasteiger partial charge in [-0.15, -0.1) is 0 Å². The number of anilines is 1. The van der Waals surface area contributed by atoms with Crippen molar-refractivity contribution in [3.8, 4) is 5.75 Å². The van der Waals surface area contributed by atoms with Gasteiger partial charge in [0.2, 0.25) is 0 Å². The summed E-state index contributed by atoms with van der Waals surface area (Å²) in [5.74, 6) is 1.04. The van der Waals surface area contributed by atoms with Crippen molar-refractivity contribution < 1.29 is 9.53 Å². The number of nitrogens with zero attached hydrogens (tertiary/aromatic N) is 1. The lowest BCUT2D eigenvalue weighted by molar-refractivity contribution is -0.119. The molecule has 0 heterocycles. The number of allylic oxidation sites excluding steroid dienone is 3. The van der Waals surface area contributed by atoms with E-state index in [1.165, 1.54) is 0 Å². The second kappa shape index (κ2) is 9.06. The maximum absolute atomic E-state index is 12.0. The van der Waals surface area contributed by atoms with E-state index in [-0.39, 0.29) is 12.5 Å². The normalized spacial score (nSPS) is 18.4. The number of benzene rings is 1. The standard InChI is InChI=1S/C20H27N3O2/c1-5-25-18-10-8-17(9-11-18)21-13-20(24)23-22-19-12-16(14(2)3)7-6-15(19)4/h6,8-11,16,21H,2,5,7,12-13H2,1,3-4H3,(H,23,24)/b22-19+/t16-/m0/s1. The van der Waals surface area contributed by atoms with E-state index in [1.807, 2.05) is 45.0 Å². The van der Waals surface area contributed by atoms with Crippen LogP contribution in [0.4, 0.5) is 5.69 Å². The van der Waals surface area contributed by atoms with Gasteiger partial charge in [-0.1, -0.05) is 18.2 Å². The summed E-state index contributed by atoms with van der Waals surface area (Å²) in [4.78, 5) is 12.0. The number of hydrazone groups is 1. The molecule has 1 atom stereocenters. The Hall–Kier alpha value is -2.56. The van der Waals surface area contributed by atoms with Crippen molar-refractivity contribution in [1.82, 2.24) is 5.43 Å². The van der Waals surface area contributed by atoms with Crippen LogP contribution in [0.15, 0.2) is 53.2 Å². The van der Waals surface area contributed by atoms with Crippen LogP contribution < -0.4 is 15.5 Å². The van der Waals surface area contributed by atoms with Crippen LogP contribution >= 0.6 is 0 Å². The van der Waals surface area contributed by atoms with E-state index in [2.05, 4.69) is 28.5 Å². The lowest BCUT2D eigenvalue weighted by atomic mass is 9.85. The fourth-order valence-corrected chi connectivity index (χ4v) is 2.61. The Morgan fingerprint density at radius 3 is 2.72 bits per heavy atom. The molecule has 0 bridgehead atoms. The predicted molar refractivity (Wildman–Crippen MR) is 103 cm³/mol. The van der Waals surface area contributed by atoms with Crippen LogP contribution in [-0.2, 0) is 4.79 Å². The van der Waals surface area contributed by atoms with Crippen LogP contribution in [0.25, 0.3) is 0 Å². The molecule has 25 heavy (non-hydrogen) atoms. The summed E-state index contributed by atoms with van der Waals surface area (Å²) < 4.78 is 5.39. The number of amides is 1. The predicted octanol–water partition coefficient (Wildman–Crippen LogP) is 3.90. The van der Waals surface area contributed by atoms with Crippen molar-refractivity contribution in [1.29, 1.82) is 0 Å². The third-order valence-electron chi connectivity index (χ3n) is 4.23. The van der Waals surface area contributed by atoms with Crippen molar-refractivity contribution in [2.45, 2.75) is 33.6 Å². The lowest BCUT2D eigenvalue weighted by Gasteiger charge is -2.22. The maximum Gasteiger partial charge on any atom is 0.259 e. The maximum atomic E-state index is 12.0. The number of carbonyl (C=O) groups excluding carboxylic acids is 1. The first-order valence-corrected chi connectivity index (χ1v) is 8.64. The average molecular weight is 341 g/mol. The quantitative estimate of drug-likeness (QED) is 0.584. The third-order valence-corrected chi connectivity index (χ3v) is 4.23. The largest absolute Gasteiger partial charge is 0.494 e. The second-order valence-electron chi connectivity index (χ2n) is 6.27. The Balaban J connectivity index is 1.84. The van der Waals surface area contributed by atoms with E-state index in [0.717, 1.165) is 41.1 Å². The molecule has 0 fully saturated rings. The second-order valence-corrected chi connectivity index (χ2v) is 6.27. The van der Waals surface area contributed by atoms with Crippen molar-refractivity contribution in [3.05, 3.63) is 48.1 Å². The molecule has 0 unspecified atom stereocenters. The molecule has 1 aromatic carbocycles. The highest BCUT2D eigenvalue weighted by Gasteiger charge is 2.18. The van der Waals surface area contributed by atoms with E-state index in [9.17, 15) is 4.79 Å². The summed E-state index contributed by atoms with van der Waals surface area (Å²) in [6.07, 6.45) is 3.98. The zero-order chi connectivity index (χ0) is 18.2. The van der Waals surface area contributed by atoms with Crippen LogP contribution in [0.2, 0.25) is 0 Å². The SMILES string of the molecule is C=C(C)[C@H]1CC=C(C)/C(=N/NC(=O)CNc2ccc(OCC)cc2)C1. The average Bonchev–Trinajstić information content (AvgIpc) is 2.60. The summed E-state index contributed by atoms with van der Waals surface area (Å²) in [6.45, 7) is 10.8. The Labute approximate surface area is 149 Å². The number of nitrogens with one attached hydrogen (secondary N) is 2. The Morgan fingerprint density at radius 1 is 1.36 bits per heavy atom. The molecule has 134 valence electrons. The molecule has 5 nitrogen and oxygen atoms in total. The van der Waals surface area contributed by atoms with E-state index in [0.29, 0.717) is 12.5 Å². The minimum atomic E-state index is -0.174. The van der Waals surface area contributed by atoms with Crippen molar-refractivity contribution >= 4 is 17.3 Å². The van der Waals surface area contributed by atoms with Gasteiger partial charge in [0.15, 0.2) is 0 Å². The zero-order valence-corrected chi connectivity index (χ0v) is 15.3. The molecule has 1 amide bonds. The van der Waals surface area contributed by atoms with Gasteiger partial charge in [0, 0.05) is 5.69 Å². The first kappa shape index (κ1) is 18.8. The lowest BCUT2D eigenvalue weighted by Crippen LogP contribution is -2.28. The van der Waals surface area contributed by atoms with Gasteiger partial charge in [0.05, 0.1) is 18.9 Å². The van der Waals surface area contributed by atoms with Crippen molar-refractivity contribution in [2.24, 2.45) is 11.0 Å². The molecule has 0 aromatic heterocycles. The molecular weight excluding hydrogens is 314 g/mol. The highest BCUT2D eigenvalue weighted by atomic mass is 16.5. The van der Waals surface area contributed by atoms with Gasteiger partial charge in [-0.2, -0.15) is 5.10 Å². The van der Waals surface area contributed by atoms with E-state index >= 15 is 0 Å². The van der Waals surface area contributed by atoms with Crippen LogP contribution in [0, 0.1) is 5.92 Å². The number of carbonyl (C=O) groups is 1. The summed E-state index contributed by atoms with van der Waals surface area (Å²) >= 11 is 0. The molecule has 1 aliphatic rings. The Kier molecular flexibility index (Phi) is 6.81. The molecule has 2 N–H and O–H groups in total. The summed E-state index contributed by atoms with van der Waals surface area (Å²) in [7, 11) is 0. The van der Waals surface area contributed by atoms with Crippen LogP contribution in [0.5, 0.6) is 5.75 Å². The Morgan fingerprint density at radius 2 is 2.08 bits per heavy atom. The van der Waals surface area contributed by atoms with Crippen LogP contribution in [-0.4, -0.2) is 24.8 Å². The Bertz CT molecular complexity index is 675. The number of hydrogen-bond donors (Lipinski definition) is 2. The number of hydrogen-bond acceptors (Lipinski definition) is 4. The molecule has 0 spiro atoms. The minimum absolute atomic E-state index is 0.164. The highest BCUT2D eigenvalue weighted by molar-refractivity contribution is 6.01. The topological polar surface area (TPSA) is 62.7 Å². The molecule has 1 aliphatic carbocycles. The number of rotatable bonds is 7. The van der Waals surface area contributed by atoms with Crippen molar-refractivity contribution in [2.75, 3.05) is 18.5 Å². The van der Waals surface area contributed by atoms with Gasteiger partial charge < -0.3 is 10.1 Å². The molecule has 2 rings (SSSR count). The smallest absolute Gasteiger partial charge is 0.259 e. The van der Waals surface area contributed by atoms with Crippen LogP contribution in [0.3, 0.4) is 0 Å². The summed E-state index contributed by atoms with van der Waals surface area (Å²) in [5, 5.41) is 7.37. The van der Waals surface area contributed by atoms with Gasteiger partial charge in [-0.25, -0.2) is 5.43 Å². The van der Waals surface area contributed by atoms with Crippen molar-refractivity contribution in [3.63, 3.8) is 0 Å². The van der Waals surface area contributed by atoms with Gasteiger partial charge in [0.1, 0.15) is 5.75 Å². The highest BCUT2D eigenvalue weighted by Crippen LogP contribution is 2.26. The first-order chi connectivity index (χ1) is 12.0. The summed E-state index contributed by atoms with van der Waals surface area (Å²) in [6, 6.07) is 7.51. The van der Waals surface area contributed by atoms with Crippen LogP contribution in [0.1, 0.15) is 33.6 Å². The molecule has 0 saturated heterocycles. The first-order valence-electron chi connectivity index (χ1n) is 8.64. The molecule has 5 heteroatoms. The molecule has 1 aromatic rings. The minimum Gasteiger partial charge on any atom is -0.494 e. The van der Waals surface area contributed by atoms with E-state index < -0.39 is 0 Å². The monoisotopic (exact) mass is 341 g/mol. The summed E-state index contributed by atoms with van der Waals surface area (Å²) in [5.41, 5.74) is 6.70.